The highest BCUT2D eigenvalue weighted by Crippen LogP contribution is 2.27. The van der Waals surface area contributed by atoms with E-state index in [1.54, 1.807) is 0 Å². The highest BCUT2D eigenvalue weighted by atomic mass is 79.9. The van der Waals surface area contributed by atoms with Gasteiger partial charge in [-0.15, -0.1) is 0 Å². The number of likely N-dealkylation sites (tertiary alicyclic amines) is 1. The fraction of sp³-hybridized carbons (Fsp3) is 0.462. The number of carbonyl (C=O) groups is 1. The maximum absolute atomic E-state index is 11.1. The minimum Gasteiger partial charge on any atom is -0.481 e. The molecule has 98 valence electrons. The van der Waals surface area contributed by atoms with Gasteiger partial charge in [-0.05, 0) is 23.6 Å². The van der Waals surface area contributed by atoms with Crippen LogP contribution in [0.4, 0.5) is 0 Å². The van der Waals surface area contributed by atoms with Gasteiger partial charge < -0.3 is 5.11 Å². The Morgan fingerprint density at radius 2 is 2.28 bits per heavy atom. The Morgan fingerprint density at radius 1 is 1.56 bits per heavy atom. The molecule has 5 heteroatoms. The number of benzene rings is 1. The lowest BCUT2D eigenvalue weighted by molar-refractivity contribution is -0.142. The minimum atomic E-state index is -0.702. The lowest BCUT2D eigenvalue weighted by Gasteiger charge is -2.16. The molecule has 1 fully saturated rings. The van der Waals surface area contributed by atoms with E-state index in [0.717, 1.165) is 21.6 Å². The van der Waals surface area contributed by atoms with E-state index < -0.39 is 5.97 Å². The summed E-state index contributed by atoms with van der Waals surface area (Å²) in [5.41, 5.74) is 1.04. The van der Waals surface area contributed by atoms with E-state index in [2.05, 4.69) is 20.8 Å². The Hall–Kier alpha value is -0.580. The Kier molecular flexibility index (Phi) is 4.30. The van der Waals surface area contributed by atoms with Crippen LogP contribution >= 0.6 is 27.5 Å². The summed E-state index contributed by atoms with van der Waals surface area (Å²) in [5, 5.41) is 9.82. The third-order valence-electron chi connectivity index (χ3n) is 3.41. The predicted octanol–water partition coefficient (Wildman–Crippen LogP) is 3.26. The lowest BCUT2D eigenvalue weighted by atomic mass is 9.99. The maximum Gasteiger partial charge on any atom is 0.308 e. The van der Waals surface area contributed by atoms with Crippen LogP contribution in [0, 0.1) is 11.8 Å². The topological polar surface area (TPSA) is 40.5 Å². The summed E-state index contributed by atoms with van der Waals surface area (Å²) in [6, 6.07) is 5.80. The Bertz CT molecular complexity index is 466. The average molecular weight is 333 g/mol. The molecule has 2 atom stereocenters. The van der Waals surface area contributed by atoms with E-state index >= 15 is 0 Å². The molecule has 0 spiro atoms. The normalized spacial score (nSPS) is 24.4. The quantitative estimate of drug-likeness (QED) is 0.923. The van der Waals surface area contributed by atoms with Crippen LogP contribution in [0.5, 0.6) is 0 Å². The predicted molar refractivity (Wildman–Crippen MR) is 74.7 cm³/mol. The largest absolute Gasteiger partial charge is 0.481 e. The number of carboxylic acid groups (broad SMARTS) is 1. The highest BCUT2D eigenvalue weighted by Gasteiger charge is 2.34. The van der Waals surface area contributed by atoms with Crippen LogP contribution < -0.4 is 0 Å². The van der Waals surface area contributed by atoms with Crippen molar-refractivity contribution >= 4 is 33.5 Å². The first-order chi connectivity index (χ1) is 8.47. The zero-order valence-electron chi connectivity index (χ0n) is 10.1. The van der Waals surface area contributed by atoms with Crippen molar-refractivity contribution in [2.24, 2.45) is 11.8 Å². The van der Waals surface area contributed by atoms with Crippen molar-refractivity contribution < 1.29 is 9.90 Å². The van der Waals surface area contributed by atoms with Crippen LogP contribution in [0.2, 0.25) is 5.02 Å². The van der Waals surface area contributed by atoms with Crippen molar-refractivity contribution in [2.45, 2.75) is 13.5 Å². The Morgan fingerprint density at radius 3 is 2.83 bits per heavy atom. The maximum atomic E-state index is 11.1. The van der Waals surface area contributed by atoms with E-state index in [9.17, 15) is 4.79 Å². The van der Waals surface area contributed by atoms with Gasteiger partial charge in [-0.25, -0.2) is 0 Å². The molecule has 3 nitrogen and oxygen atoms in total. The molecular weight excluding hydrogens is 318 g/mol. The first-order valence-electron chi connectivity index (χ1n) is 5.86. The Labute approximate surface area is 120 Å². The van der Waals surface area contributed by atoms with Crippen LogP contribution in [-0.4, -0.2) is 29.1 Å². The van der Waals surface area contributed by atoms with Crippen LogP contribution in [0.3, 0.4) is 0 Å². The summed E-state index contributed by atoms with van der Waals surface area (Å²) >= 11 is 9.54. The number of rotatable bonds is 3. The van der Waals surface area contributed by atoms with Gasteiger partial charge in [0.25, 0.3) is 0 Å². The molecule has 1 aromatic rings. The van der Waals surface area contributed by atoms with Gasteiger partial charge in [-0.3, -0.25) is 9.69 Å². The number of hydrogen-bond donors (Lipinski definition) is 1. The summed E-state index contributed by atoms with van der Waals surface area (Å²) in [6.07, 6.45) is 0. The minimum absolute atomic E-state index is 0.191. The van der Waals surface area contributed by atoms with Crippen molar-refractivity contribution in [2.75, 3.05) is 13.1 Å². The molecule has 1 heterocycles. The van der Waals surface area contributed by atoms with Gasteiger partial charge in [0, 0.05) is 29.1 Å². The molecular formula is C13H15BrClNO2. The molecule has 1 saturated heterocycles. The van der Waals surface area contributed by atoms with Crippen molar-refractivity contribution in [3.8, 4) is 0 Å². The average Bonchev–Trinajstić information content (AvgIpc) is 2.64. The summed E-state index contributed by atoms with van der Waals surface area (Å²) in [4.78, 5) is 13.2. The number of aliphatic carboxylic acids is 1. The molecule has 0 unspecified atom stereocenters. The van der Waals surface area contributed by atoms with Gasteiger partial charge in [-0.2, -0.15) is 0 Å². The number of halogens is 2. The van der Waals surface area contributed by atoms with Crippen LogP contribution in [0.15, 0.2) is 22.7 Å². The molecule has 1 N–H and O–H groups in total. The highest BCUT2D eigenvalue weighted by molar-refractivity contribution is 9.10. The third-order valence-corrected chi connectivity index (χ3v) is 4.26. The van der Waals surface area contributed by atoms with Crippen LogP contribution in [0.1, 0.15) is 12.5 Å². The number of carboxylic acids is 1. The van der Waals surface area contributed by atoms with Gasteiger partial charge in [0.15, 0.2) is 0 Å². The summed E-state index contributed by atoms with van der Waals surface area (Å²) < 4.78 is 0.953. The van der Waals surface area contributed by atoms with Crippen molar-refractivity contribution in [3.63, 3.8) is 0 Å². The monoisotopic (exact) mass is 331 g/mol. The summed E-state index contributed by atoms with van der Waals surface area (Å²) in [7, 11) is 0. The van der Waals surface area contributed by atoms with Gasteiger partial charge in [0.1, 0.15) is 0 Å². The molecule has 0 saturated carbocycles. The molecule has 0 radical (unpaired) electrons. The standard InChI is InChI=1S/C13H15BrClNO2/c1-8-5-16(7-11(8)13(17)18)6-9-2-3-10(14)4-12(9)15/h2-4,8,11H,5-7H2,1H3,(H,17,18)/t8-,11-/m1/s1. The smallest absolute Gasteiger partial charge is 0.308 e. The molecule has 0 aromatic heterocycles. The molecule has 1 aliphatic rings. The van der Waals surface area contributed by atoms with E-state index in [4.69, 9.17) is 16.7 Å². The zero-order valence-corrected chi connectivity index (χ0v) is 12.4. The van der Waals surface area contributed by atoms with E-state index in [-0.39, 0.29) is 11.8 Å². The lowest BCUT2D eigenvalue weighted by Crippen LogP contribution is -2.23. The molecule has 1 aromatic carbocycles. The van der Waals surface area contributed by atoms with E-state index in [0.29, 0.717) is 13.1 Å². The van der Waals surface area contributed by atoms with Crippen molar-refractivity contribution in [1.29, 1.82) is 0 Å². The fourth-order valence-electron chi connectivity index (χ4n) is 2.41. The SMILES string of the molecule is C[C@@H]1CN(Cc2ccc(Br)cc2Cl)C[C@H]1C(=O)O. The summed E-state index contributed by atoms with van der Waals surface area (Å²) in [6.45, 7) is 4.11. The molecule has 0 aliphatic carbocycles. The third kappa shape index (κ3) is 3.05. The molecule has 0 bridgehead atoms. The fourth-order valence-corrected chi connectivity index (χ4v) is 3.14. The molecule has 2 rings (SSSR count). The molecule has 0 amide bonds. The summed E-state index contributed by atoms with van der Waals surface area (Å²) in [5.74, 6) is -0.775. The molecule has 1 aliphatic heterocycles. The Balaban J connectivity index is 2.05. The van der Waals surface area contributed by atoms with Gasteiger partial charge in [0.05, 0.1) is 5.92 Å². The van der Waals surface area contributed by atoms with Gasteiger partial charge in [-0.1, -0.05) is 40.5 Å². The molecule has 18 heavy (non-hydrogen) atoms. The number of nitrogens with zero attached hydrogens (tertiary/aromatic N) is 1. The number of hydrogen-bond acceptors (Lipinski definition) is 2. The zero-order chi connectivity index (χ0) is 13.3. The second kappa shape index (κ2) is 5.59. The van der Waals surface area contributed by atoms with Crippen molar-refractivity contribution in [1.82, 2.24) is 4.90 Å². The second-order valence-corrected chi connectivity index (χ2v) is 6.17. The van der Waals surface area contributed by atoms with Crippen LogP contribution in [-0.2, 0) is 11.3 Å². The van der Waals surface area contributed by atoms with Gasteiger partial charge >= 0.3 is 5.97 Å². The van der Waals surface area contributed by atoms with E-state index in [1.807, 2.05) is 25.1 Å². The first kappa shape index (κ1) is 13.8. The van der Waals surface area contributed by atoms with Crippen LogP contribution in [0.25, 0.3) is 0 Å². The first-order valence-corrected chi connectivity index (χ1v) is 7.03. The van der Waals surface area contributed by atoms with E-state index in [1.165, 1.54) is 0 Å². The second-order valence-electron chi connectivity index (χ2n) is 4.85. The van der Waals surface area contributed by atoms with Crippen molar-refractivity contribution in [3.05, 3.63) is 33.3 Å². The van der Waals surface area contributed by atoms with Gasteiger partial charge in [0.2, 0.25) is 0 Å².